The Morgan fingerprint density at radius 3 is 2.55 bits per heavy atom. The molecule has 110 valence electrons. The number of nitrogens with one attached hydrogen (secondary N) is 1. The molecule has 20 heavy (non-hydrogen) atoms. The summed E-state index contributed by atoms with van der Waals surface area (Å²) in [6, 6.07) is 4.34. The molecule has 1 saturated carbocycles. The Morgan fingerprint density at radius 1 is 1.40 bits per heavy atom. The molecule has 5 nitrogen and oxygen atoms in total. The Kier molecular flexibility index (Phi) is 4.51. The Bertz CT molecular complexity index is 627. The third-order valence-corrected chi connectivity index (χ3v) is 5.03. The van der Waals surface area contributed by atoms with Gasteiger partial charge in [0.25, 0.3) is 5.91 Å². The van der Waals surface area contributed by atoms with Gasteiger partial charge in [-0.05, 0) is 43.9 Å². The first kappa shape index (κ1) is 15.5. The first-order valence-electron chi connectivity index (χ1n) is 6.41. The number of nitrogens with two attached hydrogens (primary N) is 1. The number of amides is 1. The van der Waals surface area contributed by atoms with Crippen molar-refractivity contribution < 1.29 is 13.2 Å². The van der Waals surface area contributed by atoms with E-state index >= 15 is 0 Å². The van der Waals surface area contributed by atoms with Crippen LogP contribution in [-0.2, 0) is 10.0 Å². The maximum Gasteiger partial charge on any atom is 0.251 e. The average molecular weight is 361 g/mol. The molecule has 0 aliphatic heterocycles. The predicted molar refractivity (Wildman–Crippen MR) is 79.8 cm³/mol. The zero-order chi connectivity index (χ0) is 14.9. The van der Waals surface area contributed by atoms with Crippen molar-refractivity contribution in [1.29, 1.82) is 0 Å². The quantitative estimate of drug-likeness (QED) is 0.860. The van der Waals surface area contributed by atoms with Gasteiger partial charge in [0.2, 0.25) is 10.0 Å². The van der Waals surface area contributed by atoms with Gasteiger partial charge >= 0.3 is 0 Å². The number of carbonyl (C=O) groups excluding carboxylic acids is 1. The number of hydrogen-bond acceptors (Lipinski definition) is 3. The van der Waals surface area contributed by atoms with Crippen molar-refractivity contribution in [3.05, 3.63) is 28.2 Å². The summed E-state index contributed by atoms with van der Waals surface area (Å²) < 4.78 is 23.2. The van der Waals surface area contributed by atoms with E-state index in [9.17, 15) is 13.2 Å². The summed E-state index contributed by atoms with van der Waals surface area (Å²) >= 11 is 3.19. The van der Waals surface area contributed by atoms with E-state index in [0.717, 1.165) is 12.8 Å². The lowest BCUT2D eigenvalue weighted by molar-refractivity contribution is 0.0909. The number of rotatable bonds is 4. The molecule has 0 heterocycles. The average Bonchev–Trinajstić information content (AvgIpc) is 2.24. The molecule has 1 aromatic carbocycles. The summed E-state index contributed by atoms with van der Waals surface area (Å²) in [6.45, 7) is 1.97. The minimum Gasteiger partial charge on any atom is -0.349 e. The topological polar surface area (TPSA) is 89.3 Å². The second-order valence-corrected chi connectivity index (χ2v) is 7.65. The minimum absolute atomic E-state index is 0.0756. The number of benzene rings is 1. The summed E-state index contributed by atoms with van der Waals surface area (Å²) in [5, 5.41) is 8.00. The van der Waals surface area contributed by atoms with Crippen molar-refractivity contribution in [2.24, 2.45) is 11.1 Å². The summed E-state index contributed by atoms with van der Waals surface area (Å²) in [5.74, 6) is 0.236. The smallest absolute Gasteiger partial charge is 0.251 e. The Hall–Kier alpha value is -0.920. The highest BCUT2D eigenvalue weighted by molar-refractivity contribution is 9.10. The maximum atomic E-state index is 12.2. The van der Waals surface area contributed by atoms with Crippen molar-refractivity contribution >= 4 is 31.9 Å². The van der Waals surface area contributed by atoms with Crippen LogP contribution in [0.3, 0.4) is 0 Å². The van der Waals surface area contributed by atoms with Crippen molar-refractivity contribution in [1.82, 2.24) is 5.32 Å². The molecule has 2 rings (SSSR count). The maximum absolute atomic E-state index is 12.2. The van der Waals surface area contributed by atoms with Gasteiger partial charge in [-0.15, -0.1) is 0 Å². The lowest BCUT2D eigenvalue weighted by atomic mass is 9.80. The molecule has 1 fully saturated rings. The van der Waals surface area contributed by atoms with Crippen LogP contribution in [-0.4, -0.2) is 20.4 Å². The second-order valence-electron chi connectivity index (χ2n) is 5.17. The van der Waals surface area contributed by atoms with E-state index in [1.807, 2.05) is 6.92 Å². The van der Waals surface area contributed by atoms with Gasteiger partial charge in [0.05, 0.1) is 4.90 Å². The molecule has 7 heteroatoms. The largest absolute Gasteiger partial charge is 0.349 e. The molecule has 1 unspecified atom stereocenters. The van der Waals surface area contributed by atoms with E-state index in [1.165, 1.54) is 18.6 Å². The highest BCUT2D eigenvalue weighted by Gasteiger charge is 2.25. The molecule has 1 amide bonds. The fraction of sp³-hybridized carbons (Fsp3) is 0.462. The molecule has 1 aliphatic carbocycles. The third-order valence-electron chi connectivity index (χ3n) is 3.68. The molecule has 0 spiro atoms. The van der Waals surface area contributed by atoms with Gasteiger partial charge in [-0.2, -0.15) is 0 Å². The highest BCUT2D eigenvalue weighted by atomic mass is 79.9. The van der Waals surface area contributed by atoms with Gasteiger partial charge in [-0.25, -0.2) is 13.6 Å². The van der Waals surface area contributed by atoms with Crippen LogP contribution in [0.15, 0.2) is 27.6 Å². The van der Waals surface area contributed by atoms with Crippen LogP contribution in [0, 0.1) is 5.92 Å². The molecular formula is C13H17BrN2O3S. The lowest BCUT2D eigenvalue weighted by Crippen LogP contribution is -2.40. The van der Waals surface area contributed by atoms with Crippen LogP contribution in [0.25, 0.3) is 0 Å². The van der Waals surface area contributed by atoms with Gasteiger partial charge in [-0.1, -0.05) is 22.4 Å². The van der Waals surface area contributed by atoms with Crippen LogP contribution < -0.4 is 10.5 Å². The number of sulfonamides is 1. The Morgan fingerprint density at radius 2 is 2.05 bits per heavy atom. The van der Waals surface area contributed by atoms with Gasteiger partial charge in [-0.3, -0.25) is 4.79 Å². The SMILES string of the molecule is CC(NC(=O)c1cc(Br)cc(S(N)(=O)=O)c1)C1CCC1. The first-order valence-corrected chi connectivity index (χ1v) is 8.75. The Labute approximate surface area is 127 Å². The van der Waals surface area contributed by atoms with Crippen LogP contribution in [0.2, 0.25) is 0 Å². The standard InChI is InChI=1S/C13H17BrN2O3S/c1-8(9-3-2-4-9)16-13(17)10-5-11(14)7-12(6-10)20(15,18)19/h5-9H,2-4H2,1H3,(H,16,17)(H2,15,18,19). The number of halogens is 1. The van der Waals surface area contributed by atoms with Gasteiger partial charge < -0.3 is 5.32 Å². The van der Waals surface area contributed by atoms with E-state index in [2.05, 4.69) is 21.2 Å². The van der Waals surface area contributed by atoms with Crippen LogP contribution in [0.1, 0.15) is 36.5 Å². The molecule has 0 aromatic heterocycles. The van der Waals surface area contributed by atoms with E-state index in [1.54, 1.807) is 6.07 Å². The monoisotopic (exact) mass is 360 g/mol. The van der Waals surface area contributed by atoms with Crippen molar-refractivity contribution in [3.8, 4) is 0 Å². The molecular weight excluding hydrogens is 344 g/mol. The molecule has 3 N–H and O–H groups in total. The van der Waals surface area contributed by atoms with Gasteiger partial charge in [0.15, 0.2) is 0 Å². The summed E-state index contributed by atoms with van der Waals surface area (Å²) in [5.41, 5.74) is 0.287. The fourth-order valence-corrected chi connectivity index (χ4v) is 3.43. The van der Waals surface area contributed by atoms with E-state index in [0.29, 0.717) is 10.4 Å². The van der Waals surface area contributed by atoms with Crippen LogP contribution in [0.5, 0.6) is 0 Å². The fourth-order valence-electron chi connectivity index (χ4n) is 2.21. The minimum atomic E-state index is -3.83. The zero-order valence-electron chi connectivity index (χ0n) is 11.1. The molecule has 1 atom stereocenters. The van der Waals surface area contributed by atoms with E-state index in [4.69, 9.17) is 5.14 Å². The highest BCUT2D eigenvalue weighted by Crippen LogP contribution is 2.29. The Balaban J connectivity index is 2.19. The van der Waals surface area contributed by atoms with Crippen LogP contribution >= 0.6 is 15.9 Å². The second kappa shape index (κ2) is 5.83. The summed E-state index contributed by atoms with van der Waals surface area (Å²) in [4.78, 5) is 12.1. The summed E-state index contributed by atoms with van der Waals surface area (Å²) in [7, 11) is -3.83. The van der Waals surface area contributed by atoms with E-state index in [-0.39, 0.29) is 22.4 Å². The van der Waals surface area contributed by atoms with Crippen molar-refractivity contribution in [3.63, 3.8) is 0 Å². The van der Waals surface area contributed by atoms with E-state index < -0.39 is 10.0 Å². The lowest BCUT2D eigenvalue weighted by Gasteiger charge is -2.31. The number of primary sulfonamides is 1. The summed E-state index contributed by atoms with van der Waals surface area (Å²) in [6.07, 6.45) is 3.46. The molecule has 1 aliphatic rings. The number of carbonyl (C=O) groups is 1. The van der Waals surface area contributed by atoms with Crippen molar-refractivity contribution in [2.75, 3.05) is 0 Å². The van der Waals surface area contributed by atoms with Crippen LogP contribution in [0.4, 0.5) is 0 Å². The molecule has 0 radical (unpaired) electrons. The van der Waals surface area contributed by atoms with Gasteiger partial charge in [0, 0.05) is 16.1 Å². The predicted octanol–water partition coefficient (Wildman–Crippen LogP) is 2.01. The zero-order valence-corrected chi connectivity index (χ0v) is 13.5. The molecule has 0 bridgehead atoms. The normalized spacial score (nSPS) is 17.4. The molecule has 0 saturated heterocycles. The number of hydrogen-bond donors (Lipinski definition) is 2. The first-order chi connectivity index (χ1) is 9.27. The van der Waals surface area contributed by atoms with Crippen molar-refractivity contribution in [2.45, 2.75) is 37.1 Å². The third kappa shape index (κ3) is 3.59. The molecule has 1 aromatic rings. The van der Waals surface area contributed by atoms with Gasteiger partial charge in [0.1, 0.15) is 0 Å².